The minimum absolute atomic E-state index is 0.0182. The number of Topliss-reactive ketones (excluding diaryl/α,β-unsaturated/α-hetero) is 1. The Morgan fingerprint density at radius 2 is 1.66 bits per heavy atom. The monoisotopic (exact) mass is 979 g/mol. The molecule has 0 aromatic heterocycles. The Balaban J connectivity index is 1.000. The Labute approximate surface area is 428 Å². The van der Waals surface area contributed by atoms with Crippen LogP contribution >= 0.6 is 0 Å². The maximum Gasteiger partial charge on any atom is 0.242 e. The average molecular weight is 979 g/mol. The first-order valence-electron chi connectivity index (χ1n) is 28.0. The van der Waals surface area contributed by atoms with E-state index >= 15 is 0 Å². The standard InChI is InChI=1S/C59H94N8O4/c1-14-42-36(9)47-29-49-38(11)44(57(65-49)45-28-54(69)56-39(12)50(66-58(45)56)31-52-43(15-2)37(10)48(64-52)30-51(42)63-47)20-22-55(70)60-23-17-16-18-46(59(71)61-24-25-67(32(3)4)33(5)6)62-40(13)34(7)26-41-19-21-53(68)35(8)27-41/h14,27,29-30,32-34,36-39,42-44,46,48-50,52,56,58,62-66,68H,1,13,15-26,28,31H2,2-12H3,(H,60,70)(H,61,71)/b47-29-,51-30-,57-45-. The van der Waals surface area contributed by atoms with Crippen molar-refractivity contribution in [3.63, 3.8) is 0 Å². The van der Waals surface area contributed by atoms with Crippen LogP contribution in [0.5, 0.6) is 0 Å². The Hall–Kier alpha value is -4.13. The lowest BCUT2D eigenvalue weighted by Crippen LogP contribution is -2.48. The van der Waals surface area contributed by atoms with Gasteiger partial charge >= 0.3 is 0 Å². The Morgan fingerprint density at radius 1 is 0.930 bits per heavy atom. The number of nitrogens with zero attached hydrogens (tertiary/aromatic N) is 1. The van der Waals surface area contributed by atoms with Crippen LogP contribution in [0.15, 0.2) is 82.7 Å². The smallest absolute Gasteiger partial charge is 0.242 e. The summed E-state index contributed by atoms with van der Waals surface area (Å²) in [6.45, 7) is 35.1. The van der Waals surface area contributed by atoms with E-state index in [1.807, 2.05) is 6.92 Å². The number of aliphatic hydroxyl groups excluding tert-OH is 1. The number of hydrogen-bond acceptors (Lipinski definition) is 10. The molecule has 12 heteroatoms. The number of hydrogen-bond donors (Lipinski definition) is 8. The summed E-state index contributed by atoms with van der Waals surface area (Å²) in [5.74, 6) is 2.99. The Bertz CT molecular complexity index is 2130. The van der Waals surface area contributed by atoms with Crippen molar-refractivity contribution < 1.29 is 19.5 Å². The maximum absolute atomic E-state index is 14.1. The fourth-order valence-corrected chi connectivity index (χ4v) is 13.9. The first-order chi connectivity index (χ1) is 33.8. The molecule has 0 spiro atoms. The molecular formula is C59H94N8O4. The fourth-order valence-electron chi connectivity index (χ4n) is 13.9. The molecule has 15 unspecified atom stereocenters. The molecule has 7 rings (SSSR count). The van der Waals surface area contributed by atoms with E-state index in [2.05, 4.69) is 149 Å². The normalized spacial score (nSPS) is 35.7. The van der Waals surface area contributed by atoms with Gasteiger partial charge in [0.05, 0.1) is 5.76 Å². The summed E-state index contributed by atoms with van der Waals surface area (Å²) in [6.07, 6.45) is 17.2. The Kier molecular flexibility index (Phi) is 18.3. The minimum Gasteiger partial charge on any atom is -0.512 e. The number of carbonyl (C=O) groups is 3. The number of amides is 2. The second-order valence-corrected chi connectivity index (χ2v) is 23.6. The van der Waals surface area contributed by atoms with Crippen LogP contribution in [0, 0.1) is 53.3 Å². The quantitative estimate of drug-likeness (QED) is 0.0414. The lowest BCUT2D eigenvalue weighted by Gasteiger charge is -2.31. The molecule has 0 aromatic rings. The van der Waals surface area contributed by atoms with Crippen LogP contribution in [0.4, 0.5) is 0 Å². The molecule has 7 aliphatic rings. The van der Waals surface area contributed by atoms with Crippen LogP contribution in [0.3, 0.4) is 0 Å². The van der Waals surface area contributed by atoms with Gasteiger partial charge in [-0.15, -0.1) is 6.58 Å². The molecule has 8 bridgehead atoms. The predicted octanol–water partition coefficient (Wildman–Crippen LogP) is 8.60. The van der Waals surface area contributed by atoms with Crippen molar-refractivity contribution in [2.75, 3.05) is 19.6 Å². The number of fused-ring (bicyclic) bond motifs is 7. The van der Waals surface area contributed by atoms with Gasteiger partial charge in [0.1, 0.15) is 11.8 Å². The number of ketones is 1. The average Bonchev–Trinajstić information content (AvgIpc) is 4.08. The molecule has 2 amide bonds. The Morgan fingerprint density at radius 3 is 2.35 bits per heavy atom. The lowest BCUT2D eigenvalue weighted by atomic mass is 9.81. The van der Waals surface area contributed by atoms with Crippen molar-refractivity contribution in [3.05, 3.63) is 82.7 Å². The highest BCUT2D eigenvalue weighted by Crippen LogP contribution is 2.48. The molecule has 5 aliphatic heterocycles. The molecule has 1 saturated carbocycles. The van der Waals surface area contributed by atoms with Crippen LogP contribution in [-0.4, -0.2) is 95.6 Å². The van der Waals surface area contributed by atoms with Crippen molar-refractivity contribution in [1.82, 2.24) is 42.1 Å². The summed E-state index contributed by atoms with van der Waals surface area (Å²) < 4.78 is 0. The zero-order chi connectivity index (χ0) is 51.4. The van der Waals surface area contributed by atoms with E-state index < -0.39 is 6.04 Å². The first-order valence-corrected chi connectivity index (χ1v) is 28.0. The zero-order valence-corrected chi connectivity index (χ0v) is 45.6. The molecule has 71 heavy (non-hydrogen) atoms. The third-order valence-electron chi connectivity index (χ3n) is 18.4. The van der Waals surface area contributed by atoms with E-state index in [9.17, 15) is 19.5 Å². The van der Waals surface area contributed by atoms with Crippen LogP contribution in [0.1, 0.15) is 147 Å². The van der Waals surface area contributed by atoms with E-state index in [0.717, 1.165) is 56.3 Å². The largest absolute Gasteiger partial charge is 0.512 e. The van der Waals surface area contributed by atoms with Crippen molar-refractivity contribution in [2.24, 2.45) is 53.3 Å². The van der Waals surface area contributed by atoms with Gasteiger partial charge in [0.15, 0.2) is 0 Å². The van der Waals surface area contributed by atoms with E-state index in [1.54, 1.807) is 0 Å². The van der Waals surface area contributed by atoms with Gasteiger partial charge in [-0.2, -0.15) is 0 Å². The van der Waals surface area contributed by atoms with Gasteiger partial charge in [0, 0.05) is 128 Å². The summed E-state index contributed by atoms with van der Waals surface area (Å²) in [6, 6.07) is 1.27. The maximum atomic E-state index is 14.1. The molecule has 2 aliphatic carbocycles. The summed E-state index contributed by atoms with van der Waals surface area (Å²) >= 11 is 0. The number of rotatable bonds is 21. The molecule has 0 aromatic carbocycles. The molecule has 5 heterocycles. The van der Waals surface area contributed by atoms with Gasteiger partial charge in [-0.3, -0.25) is 19.3 Å². The molecule has 4 saturated heterocycles. The number of carbonyl (C=O) groups excluding carboxylic acids is 3. The van der Waals surface area contributed by atoms with Crippen molar-refractivity contribution in [3.8, 4) is 0 Å². The SMILES string of the molecule is C=CC1/C2=C/C3NC(CC4NC5/C(=C6\NC(/C=C(\N2)C1C)C(C)C6CCC(=O)NCCCCC(NC(=C)C(C)CC1=CC(C)=C(O)CC1)C(=O)NCCN(C(C)C)C(C)C)CC(=O)C5C4C)C(CC)C3C. The summed E-state index contributed by atoms with van der Waals surface area (Å²) in [5, 5.41) is 36.1. The molecular weight excluding hydrogens is 885 g/mol. The van der Waals surface area contributed by atoms with E-state index in [-0.39, 0.29) is 77.4 Å². The van der Waals surface area contributed by atoms with Crippen LogP contribution in [-0.2, 0) is 14.4 Å². The van der Waals surface area contributed by atoms with Crippen LogP contribution in [0.2, 0.25) is 0 Å². The summed E-state index contributed by atoms with van der Waals surface area (Å²) in [5.41, 5.74) is 7.90. The van der Waals surface area contributed by atoms with Crippen LogP contribution < -0.4 is 37.2 Å². The van der Waals surface area contributed by atoms with E-state index in [1.165, 1.54) is 28.2 Å². The second kappa shape index (κ2) is 23.8. The third-order valence-corrected chi connectivity index (χ3v) is 18.4. The van der Waals surface area contributed by atoms with Crippen LogP contribution in [0.25, 0.3) is 0 Å². The second-order valence-electron chi connectivity index (χ2n) is 23.6. The predicted molar refractivity (Wildman–Crippen MR) is 289 cm³/mol. The molecule has 8 N–H and O–H groups in total. The van der Waals surface area contributed by atoms with Crippen molar-refractivity contribution in [1.29, 1.82) is 0 Å². The van der Waals surface area contributed by atoms with Gasteiger partial charge in [-0.25, -0.2) is 0 Å². The number of nitrogens with one attached hydrogen (secondary N) is 7. The van der Waals surface area contributed by atoms with Crippen molar-refractivity contribution >= 4 is 17.6 Å². The van der Waals surface area contributed by atoms with Gasteiger partial charge in [-0.05, 0) is 132 Å². The molecule has 5 fully saturated rings. The van der Waals surface area contributed by atoms with Gasteiger partial charge in [0.25, 0.3) is 0 Å². The highest BCUT2D eigenvalue weighted by atomic mass is 16.3. The number of unbranched alkanes of at least 4 members (excludes halogenated alkanes) is 1. The molecule has 12 nitrogen and oxygen atoms in total. The number of aliphatic hydroxyl groups is 1. The summed E-state index contributed by atoms with van der Waals surface area (Å²) in [4.78, 5) is 44.0. The topological polar surface area (TPSA) is 159 Å². The first kappa shape index (κ1) is 54.6. The van der Waals surface area contributed by atoms with Crippen molar-refractivity contribution in [2.45, 2.75) is 195 Å². The number of allylic oxidation sites excluding steroid dienone is 8. The highest BCUT2D eigenvalue weighted by Gasteiger charge is 2.54. The van der Waals surface area contributed by atoms with E-state index in [4.69, 9.17) is 0 Å². The zero-order valence-electron chi connectivity index (χ0n) is 45.6. The highest BCUT2D eigenvalue weighted by molar-refractivity contribution is 5.89. The van der Waals surface area contributed by atoms with E-state index in [0.29, 0.717) is 86.7 Å². The fraction of sp³-hybridized carbons (Fsp3) is 0.712. The van der Waals surface area contributed by atoms with Gasteiger partial charge in [-0.1, -0.05) is 72.3 Å². The molecule has 15 atom stereocenters. The van der Waals surface area contributed by atoms with Gasteiger partial charge in [0.2, 0.25) is 11.8 Å². The third kappa shape index (κ3) is 12.3. The molecule has 394 valence electrons. The molecule has 0 radical (unpaired) electrons. The summed E-state index contributed by atoms with van der Waals surface area (Å²) in [7, 11) is 0. The lowest BCUT2D eigenvalue weighted by molar-refractivity contribution is -0.123. The minimum atomic E-state index is -0.442. The van der Waals surface area contributed by atoms with Gasteiger partial charge < -0.3 is 42.3 Å².